The zero-order chi connectivity index (χ0) is 22.1. The van der Waals surface area contributed by atoms with Gasteiger partial charge in [-0.3, -0.25) is 4.79 Å². The van der Waals surface area contributed by atoms with Crippen LogP contribution in [0.3, 0.4) is 0 Å². The standard InChI is InChI=1S/C24H18BrFN4OS/c25-17-6-11-22-21(12-17)23(32-20-9-7-18(26)8-10-20)24(31)30(22)15-19-14-29(28-27-19)13-16-4-2-1-3-5-16/h1-12,14,23H,13,15H2. The van der Waals surface area contributed by atoms with E-state index in [2.05, 4.69) is 26.2 Å². The summed E-state index contributed by atoms with van der Waals surface area (Å²) in [6, 6.07) is 22.1. The highest BCUT2D eigenvalue weighted by molar-refractivity contribution is 9.10. The summed E-state index contributed by atoms with van der Waals surface area (Å²) in [5.74, 6) is -0.319. The minimum Gasteiger partial charge on any atom is -0.305 e. The molecule has 0 aliphatic carbocycles. The molecule has 0 spiro atoms. The lowest BCUT2D eigenvalue weighted by Gasteiger charge is -2.16. The summed E-state index contributed by atoms with van der Waals surface area (Å²) in [5.41, 5.74) is 3.63. The number of rotatable bonds is 6. The van der Waals surface area contributed by atoms with Crippen molar-refractivity contribution < 1.29 is 9.18 Å². The monoisotopic (exact) mass is 508 g/mol. The van der Waals surface area contributed by atoms with Crippen molar-refractivity contribution in [3.8, 4) is 0 Å². The van der Waals surface area contributed by atoms with Crippen molar-refractivity contribution in [2.24, 2.45) is 0 Å². The summed E-state index contributed by atoms with van der Waals surface area (Å²) in [5, 5.41) is 8.10. The highest BCUT2D eigenvalue weighted by Gasteiger charge is 2.38. The average Bonchev–Trinajstić information content (AvgIpc) is 3.33. The Bertz CT molecular complexity index is 1260. The number of amides is 1. The number of thioether (sulfide) groups is 1. The van der Waals surface area contributed by atoms with E-state index in [9.17, 15) is 9.18 Å². The molecule has 0 saturated heterocycles. The van der Waals surface area contributed by atoms with E-state index in [-0.39, 0.29) is 11.7 Å². The molecule has 32 heavy (non-hydrogen) atoms. The summed E-state index contributed by atoms with van der Waals surface area (Å²) < 4.78 is 16.0. The van der Waals surface area contributed by atoms with Gasteiger partial charge in [-0.25, -0.2) is 9.07 Å². The highest BCUT2D eigenvalue weighted by Crippen LogP contribution is 2.47. The van der Waals surface area contributed by atoms with Crippen LogP contribution in [-0.4, -0.2) is 20.9 Å². The summed E-state index contributed by atoms with van der Waals surface area (Å²) in [4.78, 5) is 16.0. The van der Waals surface area contributed by atoms with E-state index >= 15 is 0 Å². The summed E-state index contributed by atoms with van der Waals surface area (Å²) >= 11 is 4.94. The first-order valence-electron chi connectivity index (χ1n) is 10.0. The van der Waals surface area contributed by atoms with E-state index in [1.807, 2.05) is 54.7 Å². The molecule has 1 aliphatic rings. The molecule has 0 fully saturated rings. The Balaban J connectivity index is 1.38. The molecule has 0 N–H and O–H groups in total. The third-order valence-corrected chi connectivity index (χ3v) is 6.94. The molecule has 5 rings (SSSR count). The number of benzene rings is 3. The number of carbonyl (C=O) groups excluding carboxylic acids is 1. The second kappa shape index (κ2) is 8.88. The van der Waals surface area contributed by atoms with Gasteiger partial charge in [0.05, 0.1) is 19.3 Å². The van der Waals surface area contributed by atoms with Crippen LogP contribution >= 0.6 is 27.7 Å². The summed E-state index contributed by atoms with van der Waals surface area (Å²) in [6.07, 6.45) is 1.87. The van der Waals surface area contributed by atoms with Gasteiger partial charge in [0, 0.05) is 15.1 Å². The van der Waals surface area contributed by atoms with Gasteiger partial charge < -0.3 is 4.90 Å². The predicted molar refractivity (Wildman–Crippen MR) is 126 cm³/mol. The number of hydrogen-bond donors (Lipinski definition) is 0. The molecular weight excluding hydrogens is 491 g/mol. The Kier molecular flexibility index (Phi) is 5.80. The number of halogens is 2. The Morgan fingerprint density at radius 2 is 1.78 bits per heavy atom. The topological polar surface area (TPSA) is 51.0 Å². The third kappa shape index (κ3) is 4.33. The van der Waals surface area contributed by atoms with Crippen molar-refractivity contribution in [1.82, 2.24) is 15.0 Å². The third-order valence-electron chi connectivity index (χ3n) is 5.21. The first-order chi connectivity index (χ1) is 15.6. The summed E-state index contributed by atoms with van der Waals surface area (Å²) in [7, 11) is 0. The SMILES string of the molecule is O=C1C(Sc2ccc(F)cc2)c2cc(Br)ccc2N1Cc1cn(Cc2ccccc2)nn1. The molecule has 3 aromatic carbocycles. The van der Waals surface area contributed by atoms with E-state index in [1.165, 1.54) is 23.9 Å². The van der Waals surface area contributed by atoms with Gasteiger partial charge in [0.2, 0.25) is 5.91 Å². The van der Waals surface area contributed by atoms with Crippen LogP contribution in [0.1, 0.15) is 22.1 Å². The van der Waals surface area contributed by atoms with Crippen molar-refractivity contribution in [1.29, 1.82) is 0 Å². The Morgan fingerprint density at radius 1 is 1.00 bits per heavy atom. The minimum atomic E-state index is -0.410. The highest BCUT2D eigenvalue weighted by atomic mass is 79.9. The average molecular weight is 509 g/mol. The van der Waals surface area contributed by atoms with Crippen molar-refractivity contribution in [2.45, 2.75) is 23.2 Å². The first kappa shape index (κ1) is 20.9. The van der Waals surface area contributed by atoms with Crippen molar-refractivity contribution in [3.63, 3.8) is 0 Å². The van der Waals surface area contributed by atoms with Gasteiger partial charge >= 0.3 is 0 Å². The molecular formula is C24H18BrFN4OS. The van der Waals surface area contributed by atoms with Crippen LogP contribution < -0.4 is 4.90 Å². The van der Waals surface area contributed by atoms with Crippen molar-refractivity contribution in [2.75, 3.05) is 4.90 Å². The molecule has 0 radical (unpaired) electrons. The zero-order valence-electron chi connectivity index (χ0n) is 16.9. The van der Waals surface area contributed by atoms with Crippen LogP contribution in [-0.2, 0) is 17.9 Å². The number of carbonyl (C=O) groups is 1. The molecule has 4 aromatic rings. The fourth-order valence-electron chi connectivity index (χ4n) is 3.72. The molecule has 1 aliphatic heterocycles. The van der Waals surface area contributed by atoms with E-state index in [1.54, 1.807) is 21.7 Å². The minimum absolute atomic E-state index is 0.0231. The van der Waals surface area contributed by atoms with Gasteiger partial charge in [0.25, 0.3) is 0 Å². The van der Waals surface area contributed by atoms with E-state index < -0.39 is 5.25 Å². The Labute approximate surface area is 197 Å². The lowest BCUT2D eigenvalue weighted by molar-refractivity contribution is -0.117. The largest absolute Gasteiger partial charge is 0.305 e. The molecule has 8 heteroatoms. The smallest absolute Gasteiger partial charge is 0.245 e. The van der Waals surface area contributed by atoms with Gasteiger partial charge in [-0.2, -0.15) is 0 Å². The van der Waals surface area contributed by atoms with Crippen LogP contribution in [0.25, 0.3) is 0 Å². The lowest BCUT2D eigenvalue weighted by Crippen LogP contribution is -2.27. The molecule has 1 atom stereocenters. The van der Waals surface area contributed by atoms with Crippen LogP contribution in [0.4, 0.5) is 10.1 Å². The molecule has 2 heterocycles. The predicted octanol–water partition coefficient (Wildman–Crippen LogP) is 5.61. The summed E-state index contributed by atoms with van der Waals surface area (Å²) in [6.45, 7) is 0.955. The van der Waals surface area contributed by atoms with Gasteiger partial charge in [-0.1, -0.05) is 51.5 Å². The maximum Gasteiger partial charge on any atom is 0.245 e. The fraction of sp³-hybridized carbons (Fsp3) is 0.125. The molecule has 1 unspecified atom stereocenters. The van der Waals surface area contributed by atoms with Crippen LogP contribution in [0.5, 0.6) is 0 Å². The lowest BCUT2D eigenvalue weighted by atomic mass is 10.1. The maximum absolute atomic E-state index is 13.4. The number of aromatic nitrogens is 3. The molecule has 1 amide bonds. The zero-order valence-corrected chi connectivity index (χ0v) is 19.3. The number of anilines is 1. The maximum atomic E-state index is 13.4. The Hall–Kier alpha value is -2.97. The van der Waals surface area contributed by atoms with E-state index in [0.29, 0.717) is 13.1 Å². The first-order valence-corrected chi connectivity index (χ1v) is 11.7. The van der Waals surface area contributed by atoms with Crippen LogP contribution in [0.15, 0.2) is 88.4 Å². The van der Waals surface area contributed by atoms with Gasteiger partial charge in [-0.15, -0.1) is 16.9 Å². The van der Waals surface area contributed by atoms with E-state index in [0.717, 1.165) is 31.9 Å². The quantitative estimate of drug-likeness (QED) is 0.339. The molecule has 0 bridgehead atoms. The molecule has 5 nitrogen and oxygen atoms in total. The molecule has 1 aromatic heterocycles. The molecule has 0 saturated carbocycles. The van der Waals surface area contributed by atoms with Gasteiger partial charge in [0.1, 0.15) is 16.8 Å². The van der Waals surface area contributed by atoms with Crippen molar-refractivity contribution in [3.05, 3.63) is 106 Å². The second-order valence-electron chi connectivity index (χ2n) is 7.47. The number of fused-ring (bicyclic) bond motifs is 1. The Morgan fingerprint density at radius 3 is 2.56 bits per heavy atom. The number of nitrogens with zero attached hydrogens (tertiary/aromatic N) is 4. The molecule has 160 valence electrons. The van der Waals surface area contributed by atoms with Gasteiger partial charge in [0.15, 0.2) is 0 Å². The van der Waals surface area contributed by atoms with Crippen LogP contribution in [0, 0.1) is 5.82 Å². The van der Waals surface area contributed by atoms with Crippen LogP contribution in [0.2, 0.25) is 0 Å². The van der Waals surface area contributed by atoms with Gasteiger partial charge in [-0.05, 0) is 53.6 Å². The fourth-order valence-corrected chi connectivity index (χ4v) is 5.21. The second-order valence-corrected chi connectivity index (χ2v) is 9.57. The number of hydrogen-bond acceptors (Lipinski definition) is 4. The van der Waals surface area contributed by atoms with Crippen molar-refractivity contribution >= 4 is 39.3 Å². The normalized spacial score (nSPS) is 15.2. The van der Waals surface area contributed by atoms with E-state index in [4.69, 9.17) is 0 Å².